The number of benzene rings is 1. The SMILES string of the molecule is CC.COC(=O)c1cc(C)c2c(c1)NC(=O)CO2. The summed E-state index contributed by atoms with van der Waals surface area (Å²) in [5, 5.41) is 2.65. The Kier molecular flexibility index (Phi) is 4.71. The second-order valence-electron chi connectivity index (χ2n) is 3.50. The lowest BCUT2D eigenvalue weighted by molar-refractivity contribution is -0.118. The van der Waals surface area contributed by atoms with Gasteiger partial charge in [-0.25, -0.2) is 4.79 Å². The molecule has 98 valence electrons. The van der Waals surface area contributed by atoms with E-state index in [1.807, 2.05) is 20.8 Å². The minimum absolute atomic E-state index is 0.00537. The molecule has 5 heteroatoms. The van der Waals surface area contributed by atoms with Gasteiger partial charge in [-0.15, -0.1) is 0 Å². The topological polar surface area (TPSA) is 64.6 Å². The first kappa shape index (κ1) is 14.0. The van der Waals surface area contributed by atoms with Crippen molar-refractivity contribution in [3.8, 4) is 5.75 Å². The van der Waals surface area contributed by atoms with Gasteiger partial charge in [-0.05, 0) is 24.6 Å². The maximum Gasteiger partial charge on any atom is 0.337 e. The lowest BCUT2D eigenvalue weighted by Crippen LogP contribution is -2.26. The van der Waals surface area contributed by atoms with Crippen LogP contribution in [0, 0.1) is 6.92 Å². The molecule has 1 aliphatic heterocycles. The largest absolute Gasteiger partial charge is 0.481 e. The van der Waals surface area contributed by atoms with Gasteiger partial charge in [0.1, 0.15) is 5.75 Å². The summed E-state index contributed by atoms with van der Waals surface area (Å²) in [7, 11) is 1.31. The number of anilines is 1. The zero-order valence-corrected chi connectivity index (χ0v) is 11.0. The summed E-state index contributed by atoms with van der Waals surface area (Å²) in [6.45, 7) is 5.81. The average Bonchev–Trinajstić information content (AvgIpc) is 2.39. The van der Waals surface area contributed by atoms with Gasteiger partial charge in [0, 0.05) is 0 Å². The smallest absolute Gasteiger partial charge is 0.337 e. The van der Waals surface area contributed by atoms with Crippen molar-refractivity contribution in [2.45, 2.75) is 20.8 Å². The second-order valence-corrected chi connectivity index (χ2v) is 3.50. The van der Waals surface area contributed by atoms with Crippen LogP contribution >= 0.6 is 0 Å². The minimum Gasteiger partial charge on any atom is -0.481 e. The van der Waals surface area contributed by atoms with Crippen molar-refractivity contribution in [3.05, 3.63) is 23.3 Å². The summed E-state index contributed by atoms with van der Waals surface area (Å²) in [6, 6.07) is 3.22. The van der Waals surface area contributed by atoms with E-state index >= 15 is 0 Å². The molecule has 0 unspecified atom stereocenters. The Morgan fingerprint density at radius 2 is 2.06 bits per heavy atom. The molecule has 1 aliphatic rings. The lowest BCUT2D eigenvalue weighted by Gasteiger charge is -2.20. The minimum atomic E-state index is -0.439. The van der Waals surface area contributed by atoms with Crippen LogP contribution in [0.15, 0.2) is 12.1 Å². The molecule has 0 spiro atoms. The zero-order valence-electron chi connectivity index (χ0n) is 11.0. The van der Waals surface area contributed by atoms with E-state index in [1.165, 1.54) is 7.11 Å². The van der Waals surface area contributed by atoms with Gasteiger partial charge in [0.05, 0.1) is 18.4 Å². The number of hydrogen-bond acceptors (Lipinski definition) is 4. The zero-order chi connectivity index (χ0) is 13.7. The maximum absolute atomic E-state index is 11.4. The van der Waals surface area contributed by atoms with Crippen molar-refractivity contribution in [3.63, 3.8) is 0 Å². The predicted molar refractivity (Wildman–Crippen MR) is 68.0 cm³/mol. The molecular weight excluding hydrogens is 234 g/mol. The van der Waals surface area contributed by atoms with Gasteiger partial charge in [0.15, 0.2) is 6.61 Å². The summed E-state index contributed by atoms with van der Waals surface area (Å²) in [5.74, 6) is -0.0631. The van der Waals surface area contributed by atoms with Gasteiger partial charge in [0.25, 0.3) is 5.91 Å². The first-order chi connectivity index (χ1) is 8.61. The van der Waals surface area contributed by atoms with Crippen LogP contribution in [0.3, 0.4) is 0 Å². The molecule has 0 atom stereocenters. The summed E-state index contributed by atoms with van der Waals surface area (Å²) in [4.78, 5) is 22.5. The molecule has 0 bridgehead atoms. The van der Waals surface area contributed by atoms with Crippen molar-refractivity contribution >= 4 is 17.6 Å². The predicted octanol–water partition coefficient (Wildman–Crippen LogP) is 2.14. The number of amides is 1. The fourth-order valence-corrected chi connectivity index (χ4v) is 1.62. The number of nitrogens with one attached hydrogen (secondary N) is 1. The average molecular weight is 251 g/mol. The first-order valence-corrected chi connectivity index (χ1v) is 5.77. The summed E-state index contributed by atoms with van der Waals surface area (Å²) >= 11 is 0. The van der Waals surface area contributed by atoms with E-state index in [1.54, 1.807) is 12.1 Å². The van der Waals surface area contributed by atoms with Crippen molar-refractivity contribution in [1.29, 1.82) is 0 Å². The molecule has 1 N–H and O–H groups in total. The van der Waals surface area contributed by atoms with E-state index in [2.05, 4.69) is 10.1 Å². The van der Waals surface area contributed by atoms with Crippen molar-refractivity contribution in [2.24, 2.45) is 0 Å². The number of rotatable bonds is 1. The van der Waals surface area contributed by atoms with Gasteiger partial charge in [-0.3, -0.25) is 4.79 Å². The quantitative estimate of drug-likeness (QED) is 0.777. The Labute approximate surface area is 106 Å². The molecule has 1 amide bonds. The molecule has 5 nitrogen and oxygen atoms in total. The van der Waals surface area contributed by atoms with Gasteiger partial charge >= 0.3 is 5.97 Å². The van der Waals surface area contributed by atoms with Crippen LogP contribution in [-0.2, 0) is 9.53 Å². The van der Waals surface area contributed by atoms with Crippen LogP contribution in [0.1, 0.15) is 29.8 Å². The van der Waals surface area contributed by atoms with Crippen molar-refractivity contribution in [1.82, 2.24) is 0 Å². The molecule has 1 heterocycles. The van der Waals surface area contributed by atoms with E-state index in [0.717, 1.165) is 5.56 Å². The highest BCUT2D eigenvalue weighted by Gasteiger charge is 2.20. The number of hydrogen-bond donors (Lipinski definition) is 1. The molecule has 0 radical (unpaired) electrons. The third kappa shape index (κ3) is 2.80. The lowest BCUT2D eigenvalue weighted by atomic mass is 10.1. The molecule has 2 rings (SSSR count). The van der Waals surface area contributed by atoms with Gasteiger partial charge in [-0.2, -0.15) is 0 Å². The second kappa shape index (κ2) is 6.05. The molecule has 0 fully saturated rings. The number of carbonyl (C=O) groups excluding carboxylic acids is 2. The van der Waals surface area contributed by atoms with Crippen LogP contribution in [-0.4, -0.2) is 25.6 Å². The maximum atomic E-state index is 11.4. The number of carbonyl (C=O) groups is 2. The third-order valence-corrected chi connectivity index (χ3v) is 2.32. The number of ether oxygens (including phenoxy) is 2. The monoisotopic (exact) mass is 251 g/mol. The summed E-state index contributed by atoms with van der Waals surface area (Å²) in [5.41, 5.74) is 1.69. The van der Waals surface area contributed by atoms with E-state index < -0.39 is 5.97 Å². The molecule has 1 aromatic rings. The molecule has 18 heavy (non-hydrogen) atoms. The number of esters is 1. The van der Waals surface area contributed by atoms with Gasteiger partial charge in [-0.1, -0.05) is 13.8 Å². The van der Waals surface area contributed by atoms with Crippen LogP contribution in [0.5, 0.6) is 5.75 Å². The van der Waals surface area contributed by atoms with Crippen molar-refractivity contribution in [2.75, 3.05) is 19.0 Å². The van der Waals surface area contributed by atoms with Crippen LogP contribution < -0.4 is 10.1 Å². The highest BCUT2D eigenvalue weighted by Crippen LogP contribution is 2.32. The van der Waals surface area contributed by atoms with Crippen LogP contribution in [0.4, 0.5) is 5.69 Å². The number of methoxy groups -OCH3 is 1. The highest BCUT2D eigenvalue weighted by atomic mass is 16.5. The fraction of sp³-hybridized carbons (Fsp3) is 0.385. The standard InChI is InChI=1S/C11H11NO4.C2H6/c1-6-3-7(11(14)15-2)4-8-10(6)16-5-9(13)12-8;1-2/h3-4H,5H2,1-2H3,(H,12,13);1-2H3. The molecule has 0 saturated heterocycles. The fourth-order valence-electron chi connectivity index (χ4n) is 1.62. The van der Waals surface area contributed by atoms with E-state index in [4.69, 9.17) is 4.74 Å². The van der Waals surface area contributed by atoms with E-state index in [-0.39, 0.29) is 12.5 Å². The van der Waals surface area contributed by atoms with Crippen LogP contribution in [0.25, 0.3) is 0 Å². The van der Waals surface area contributed by atoms with Gasteiger partial charge in [0.2, 0.25) is 0 Å². The Hall–Kier alpha value is -2.04. The molecular formula is C13H17NO4. The third-order valence-electron chi connectivity index (χ3n) is 2.32. The molecule has 0 saturated carbocycles. The van der Waals surface area contributed by atoms with Gasteiger partial charge < -0.3 is 14.8 Å². The first-order valence-electron chi connectivity index (χ1n) is 5.77. The molecule has 0 aromatic heterocycles. The highest BCUT2D eigenvalue weighted by molar-refractivity contribution is 5.98. The Bertz CT molecular complexity index is 468. The number of aryl methyl sites for hydroxylation is 1. The Morgan fingerprint density at radius 3 is 2.67 bits per heavy atom. The van der Waals surface area contributed by atoms with E-state index in [0.29, 0.717) is 17.0 Å². The Balaban J connectivity index is 0.000000771. The molecule has 0 aliphatic carbocycles. The Morgan fingerprint density at radius 1 is 1.39 bits per heavy atom. The molecule has 1 aromatic carbocycles. The van der Waals surface area contributed by atoms with Crippen molar-refractivity contribution < 1.29 is 19.1 Å². The summed E-state index contributed by atoms with van der Waals surface area (Å²) in [6.07, 6.45) is 0. The van der Waals surface area contributed by atoms with Crippen LogP contribution in [0.2, 0.25) is 0 Å². The normalized spacial score (nSPS) is 12.3. The van der Waals surface area contributed by atoms with E-state index in [9.17, 15) is 9.59 Å². The summed E-state index contributed by atoms with van der Waals surface area (Å²) < 4.78 is 9.89. The number of fused-ring (bicyclic) bond motifs is 1.